The Morgan fingerprint density at radius 3 is 2.89 bits per heavy atom. The number of hydrogen-bond acceptors (Lipinski definition) is 5. The molecule has 0 atom stereocenters. The van der Waals surface area contributed by atoms with Crippen LogP contribution in [0.2, 0.25) is 0 Å². The average Bonchev–Trinajstić information content (AvgIpc) is 2.77. The van der Waals surface area contributed by atoms with Crippen LogP contribution in [0.1, 0.15) is 10.5 Å². The number of methoxy groups -OCH3 is 2. The van der Waals surface area contributed by atoms with E-state index < -0.39 is 5.97 Å². The Bertz CT molecular complexity index is 604. The van der Waals surface area contributed by atoms with Crippen molar-refractivity contribution in [3.05, 3.63) is 30.7 Å². The second kappa shape index (κ2) is 4.87. The van der Waals surface area contributed by atoms with Crippen molar-refractivity contribution in [2.24, 2.45) is 0 Å². The summed E-state index contributed by atoms with van der Waals surface area (Å²) in [5.41, 5.74) is 1.01. The molecule has 0 unspecified atom stereocenters. The normalized spacial score (nSPS) is 10.3. The lowest BCUT2D eigenvalue weighted by Crippen LogP contribution is -2.10. The van der Waals surface area contributed by atoms with Gasteiger partial charge in [0.25, 0.3) is 0 Å². The summed E-state index contributed by atoms with van der Waals surface area (Å²) in [6.07, 6.45) is 3.07. The zero-order valence-electron chi connectivity index (χ0n) is 10.2. The summed E-state index contributed by atoms with van der Waals surface area (Å²) in [6, 6.07) is 1.66. The topological polar surface area (TPSA) is 66.2 Å². The zero-order chi connectivity index (χ0) is 13.1. The maximum absolute atomic E-state index is 11.7. The van der Waals surface area contributed by atoms with Gasteiger partial charge in [0.2, 0.25) is 5.88 Å². The SMILES string of the molecule is C=CCn1c(C(=O)OC)cc2c(OC)ncnc21. The third-order valence-electron chi connectivity index (χ3n) is 2.55. The quantitative estimate of drug-likeness (QED) is 0.603. The zero-order valence-corrected chi connectivity index (χ0v) is 10.2. The molecular formula is C12H13N3O3. The van der Waals surface area contributed by atoms with Crippen LogP contribution in [0.5, 0.6) is 5.88 Å². The first-order valence-electron chi connectivity index (χ1n) is 5.30. The largest absolute Gasteiger partial charge is 0.480 e. The lowest BCUT2D eigenvalue weighted by molar-refractivity contribution is 0.0589. The summed E-state index contributed by atoms with van der Waals surface area (Å²) in [6.45, 7) is 4.12. The summed E-state index contributed by atoms with van der Waals surface area (Å²) in [5, 5.41) is 0.669. The Labute approximate surface area is 104 Å². The van der Waals surface area contributed by atoms with E-state index in [0.717, 1.165) is 0 Å². The molecule has 0 aromatic carbocycles. The smallest absolute Gasteiger partial charge is 0.354 e. The van der Waals surface area contributed by atoms with Crippen LogP contribution in [0.25, 0.3) is 11.0 Å². The molecule has 2 aromatic rings. The molecule has 94 valence electrons. The van der Waals surface area contributed by atoms with Gasteiger partial charge < -0.3 is 14.0 Å². The number of aromatic nitrogens is 3. The summed E-state index contributed by atoms with van der Waals surface area (Å²) in [5.74, 6) is -0.00938. The van der Waals surface area contributed by atoms with Crippen LogP contribution < -0.4 is 4.74 Å². The highest BCUT2D eigenvalue weighted by molar-refractivity contribution is 5.96. The van der Waals surface area contributed by atoms with E-state index in [9.17, 15) is 4.79 Å². The van der Waals surface area contributed by atoms with Gasteiger partial charge in [0.05, 0.1) is 19.6 Å². The maximum Gasteiger partial charge on any atom is 0.354 e. The standard InChI is InChI=1S/C12H13N3O3/c1-4-5-15-9(12(16)18-3)6-8-10(15)13-7-14-11(8)17-2/h4,6-7H,1,5H2,2-3H3. The third-order valence-corrected chi connectivity index (χ3v) is 2.55. The summed E-state index contributed by atoms with van der Waals surface area (Å²) in [4.78, 5) is 19.9. The molecule has 6 nitrogen and oxygen atoms in total. The number of esters is 1. The molecular weight excluding hydrogens is 234 g/mol. The van der Waals surface area contributed by atoms with Gasteiger partial charge in [-0.15, -0.1) is 6.58 Å². The van der Waals surface area contributed by atoms with Crippen molar-refractivity contribution in [3.63, 3.8) is 0 Å². The fourth-order valence-electron chi connectivity index (χ4n) is 1.79. The average molecular weight is 247 g/mol. The number of allylic oxidation sites excluding steroid dienone is 1. The van der Waals surface area contributed by atoms with Gasteiger partial charge >= 0.3 is 5.97 Å². The van der Waals surface area contributed by atoms with Crippen LogP contribution in [-0.4, -0.2) is 34.7 Å². The van der Waals surface area contributed by atoms with Gasteiger partial charge in [0, 0.05) is 6.54 Å². The minimum atomic E-state index is -0.433. The molecule has 0 aliphatic carbocycles. The Morgan fingerprint density at radius 1 is 1.50 bits per heavy atom. The highest BCUT2D eigenvalue weighted by Gasteiger charge is 2.18. The lowest BCUT2D eigenvalue weighted by Gasteiger charge is -2.05. The van der Waals surface area contributed by atoms with Gasteiger partial charge in [-0.25, -0.2) is 14.8 Å². The van der Waals surface area contributed by atoms with Crippen LogP contribution in [0.4, 0.5) is 0 Å². The van der Waals surface area contributed by atoms with Crippen molar-refractivity contribution in [2.75, 3.05) is 14.2 Å². The Kier molecular flexibility index (Phi) is 3.27. The predicted molar refractivity (Wildman–Crippen MR) is 65.6 cm³/mol. The van der Waals surface area contributed by atoms with Crippen LogP contribution in [0.15, 0.2) is 25.0 Å². The molecule has 0 spiro atoms. The highest BCUT2D eigenvalue weighted by atomic mass is 16.5. The van der Waals surface area contributed by atoms with E-state index in [2.05, 4.69) is 16.5 Å². The second-order valence-corrected chi connectivity index (χ2v) is 3.54. The molecule has 0 saturated carbocycles. The number of hydrogen-bond donors (Lipinski definition) is 0. The number of carbonyl (C=O) groups is 1. The van der Waals surface area contributed by atoms with Gasteiger partial charge in [-0.3, -0.25) is 0 Å². The van der Waals surface area contributed by atoms with Gasteiger partial charge in [-0.2, -0.15) is 0 Å². The first kappa shape index (κ1) is 12.1. The fourth-order valence-corrected chi connectivity index (χ4v) is 1.79. The first-order chi connectivity index (χ1) is 8.72. The summed E-state index contributed by atoms with van der Waals surface area (Å²) < 4.78 is 11.6. The minimum absolute atomic E-state index is 0.395. The van der Waals surface area contributed by atoms with Gasteiger partial charge in [-0.05, 0) is 6.07 Å². The monoisotopic (exact) mass is 247 g/mol. The van der Waals surface area contributed by atoms with E-state index in [-0.39, 0.29) is 0 Å². The van der Waals surface area contributed by atoms with E-state index in [1.807, 2.05) is 0 Å². The number of ether oxygens (including phenoxy) is 2. The molecule has 0 amide bonds. The van der Waals surface area contributed by atoms with Crippen LogP contribution >= 0.6 is 0 Å². The van der Waals surface area contributed by atoms with Gasteiger partial charge in [0.15, 0.2) is 0 Å². The van der Waals surface area contributed by atoms with E-state index in [4.69, 9.17) is 9.47 Å². The summed E-state index contributed by atoms with van der Waals surface area (Å²) in [7, 11) is 2.85. The lowest BCUT2D eigenvalue weighted by atomic mass is 10.3. The molecule has 6 heteroatoms. The van der Waals surface area contributed by atoms with Gasteiger partial charge in [0.1, 0.15) is 17.7 Å². The van der Waals surface area contributed by atoms with Crippen LogP contribution in [-0.2, 0) is 11.3 Å². The minimum Gasteiger partial charge on any atom is -0.480 e. The molecule has 0 fully saturated rings. The number of carbonyl (C=O) groups excluding carboxylic acids is 1. The molecule has 0 N–H and O–H groups in total. The molecule has 18 heavy (non-hydrogen) atoms. The van der Waals surface area contributed by atoms with E-state index >= 15 is 0 Å². The van der Waals surface area contributed by atoms with Crippen molar-refractivity contribution < 1.29 is 14.3 Å². The number of fused-ring (bicyclic) bond motifs is 1. The molecule has 0 aliphatic rings. The van der Waals surface area contributed by atoms with Crippen molar-refractivity contribution in [1.29, 1.82) is 0 Å². The van der Waals surface area contributed by atoms with E-state index in [0.29, 0.717) is 29.2 Å². The van der Waals surface area contributed by atoms with Crippen molar-refractivity contribution in [3.8, 4) is 5.88 Å². The van der Waals surface area contributed by atoms with Crippen LogP contribution in [0, 0.1) is 0 Å². The van der Waals surface area contributed by atoms with E-state index in [1.54, 1.807) is 16.7 Å². The maximum atomic E-state index is 11.7. The van der Waals surface area contributed by atoms with Crippen molar-refractivity contribution in [1.82, 2.24) is 14.5 Å². The summed E-state index contributed by atoms with van der Waals surface area (Å²) >= 11 is 0. The Balaban J connectivity index is 2.73. The highest BCUT2D eigenvalue weighted by Crippen LogP contribution is 2.25. The number of rotatable bonds is 4. The van der Waals surface area contributed by atoms with Crippen molar-refractivity contribution >= 4 is 17.0 Å². The molecule has 0 bridgehead atoms. The third kappa shape index (κ3) is 1.81. The Morgan fingerprint density at radius 2 is 2.28 bits per heavy atom. The van der Waals surface area contributed by atoms with E-state index in [1.165, 1.54) is 20.5 Å². The first-order valence-corrected chi connectivity index (χ1v) is 5.30. The number of nitrogens with zero attached hydrogens (tertiary/aromatic N) is 3. The molecule has 0 aliphatic heterocycles. The van der Waals surface area contributed by atoms with Gasteiger partial charge in [-0.1, -0.05) is 6.08 Å². The second-order valence-electron chi connectivity index (χ2n) is 3.54. The molecule has 0 radical (unpaired) electrons. The predicted octanol–water partition coefficient (Wildman–Crippen LogP) is 1.41. The van der Waals surface area contributed by atoms with Crippen molar-refractivity contribution in [2.45, 2.75) is 6.54 Å². The molecule has 2 rings (SSSR count). The molecule has 0 saturated heterocycles. The Hall–Kier alpha value is -2.37. The fraction of sp³-hybridized carbons (Fsp3) is 0.250. The van der Waals surface area contributed by atoms with Crippen LogP contribution in [0.3, 0.4) is 0 Å². The molecule has 2 aromatic heterocycles. The molecule has 2 heterocycles.